The Morgan fingerprint density at radius 3 is 2.88 bits per heavy atom. The minimum absolute atomic E-state index is 0.247. The van der Waals surface area contributed by atoms with Gasteiger partial charge in [0.15, 0.2) is 5.69 Å². The van der Waals surface area contributed by atoms with Gasteiger partial charge in [0.1, 0.15) is 0 Å². The van der Waals surface area contributed by atoms with Gasteiger partial charge in [0.25, 0.3) is 5.91 Å². The molecule has 2 rings (SSSR count). The van der Waals surface area contributed by atoms with E-state index in [1.54, 1.807) is 17.7 Å². The Morgan fingerprint density at radius 2 is 2.25 bits per heavy atom. The van der Waals surface area contributed by atoms with Crippen LogP contribution in [0.25, 0.3) is 10.9 Å². The highest BCUT2D eigenvalue weighted by Gasteiger charge is 2.14. The first-order valence-electron chi connectivity index (χ1n) is 5.03. The molecular weight excluding hydrogens is 206 g/mol. The number of nitrogens with zero attached hydrogens (tertiary/aromatic N) is 2. The molecule has 0 fully saturated rings. The number of rotatable bonds is 3. The van der Waals surface area contributed by atoms with Gasteiger partial charge in [-0.2, -0.15) is 5.10 Å². The van der Waals surface area contributed by atoms with Gasteiger partial charge in [0.05, 0.1) is 18.2 Å². The first-order chi connectivity index (χ1) is 7.59. The van der Waals surface area contributed by atoms with Crippen molar-refractivity contribution in [2.24, 2.45) is 5.73 Å². The average molecular weight is 219 g/mol. The Labute approximate surface area is 92.5 Å². The molecule has 1 heterocycles. The number of aliphatic hydroxyl groups excluding tert-OH is 1. The molecule has 0 aliphatic rings. The van der Waals surface area contributed by atoms with E-state index in [4.69, 9.17) is 5.73 Å². The van der Waals surface area contributed by atoms with Crippen LogP contribution >= 0.6 is 0 Å². The van der Waals surface area contributed by atoms with Gasteiger partial charge in [-0.15, -0.1) is 0 Å². The molecule has 0 saturated heterocycles. The first kappa shape index (κ1) is 10.6. The Bertz CT molecular complexity index is 531. The van der Waals surface area contributed by atoms with E-state index in [0.29, 0.717) is 6.54 Å². The van der Waals surface area contributed by atoms with E-state index < -0.39 is 12.0 Å². The van der Waals surface area contributed by atoms with Crippen molar-refractivity contribution in [3.8, 4) is 0 Å². The second-order valence-electron chi connectivity index (χ2n) is 3.76. The Kier molecular flexibility index (Phi) is 2.62. The molecule has 0 bridgehead atoms. The number of primary amides is 1. The summed E-state index contributed by atoms with van der Waals surface area (Å²) in [5.74, 6) is -0.555. The fourth-order valence-electron chi connectivity index (χ4n) is 1.70. The molecular formula is C11H13N3O2. The molecule has 1 unspecified atom stereocenters. The Balaban J connectivity index is 2.62. The number of amides is 1. The second-order valence-corrected chi connectivity index (χ2v) is 3.76. The van der Waals surface area contributed by atoms with Crippen molar-refractivity contribution >= 4 is 16.8 Å². The van der Waals surface area contributed by atoms with Crippen LogP contribution in [0.1, 0.15) is 17.4 Å². The monoisotopic (exact) mass is 219 g/mol. The summed E-state index contributed by atoms with van der Waals surface area (Å²) in [4.78, 5) is 11.2. The number of hydrogen-bond donors (Lipinski definition) is 2. The topological polar surface area (TPSA) is 81.1 Å². The molecule has 1 atom stereocenters. The van der Waals surface area contributed by atoms with Gasteiger partial charge in [0, 0.05) is 5.39 Å². The van der Waals surface area contributed by atoms with Crippen LogP contribution in [0.3, 0.4) is 0 Å². The van der Waals surface area contributed by atoms with E-state index in [9.17, 15) is 9.90 Å². The van der Waals surface area contributed by atoms with Crippen LogP contribution in [0.15, 0.2) is 24.3 Å². The lowest BCUT2D eigenvalue weighted by atomic mass is 10.2. The molecule has 84 valence electrons. The largest absolute Gasteiger partial charge is 0.391 e. The number of carbonyl (C=O) groups is 1. The predicted molar refractivity (Wildman–Crippen MR) is 59.9 cm³/mol. The second kappa shape index (κ2) is 3.94. The molecule has 16 heavy (non-hydrogen) atoms. The molecule has 2 aromatic rings. The minimum atomic E-state index is -0.555. The number of aliphatic hydroxyl groups is 1. The van der Waals surface area contributed by atoms with Gasteiger partial charge in [0.2, 0.25) is 0 Å². The van der Waals surface area contributed by atoms with Crippen molar-refractivity contribution < 1.29 is 9.90 Å². The van der Waals surface area contributed by atoms with Gasteiger partial charge >= 0.3 is 0 Å². The molecule has 1 amide bonds. The lowest BCUT2D eigenvalue weighted by Crippen LogP contribution is -2.16. The van der Waals surface area contributed by atoms with Crippen molar-refractivity contribution in [3.05, 3.63) is 30.0 Å². The van der Waals surface area contributed by atoms with E-state index in [0.717, 1.165) is 10.9 Å². The van der Waals surface area contributed by atoms with Gasteiger partial charge in [-0.1, -0.05) is 18.2 Å². The van der Waals surface area contributed by atoms with Crippen LogP contribution in [0.4, 0.5) is 0 Å². The van der Waals surface area contributed by atoms with E-state index in [2.05, 4.69) is 5.10 Å². The molecule has 0 aliphatic heterocycles. The van der Waals surface area contributed by atoms with Crippen LogP contribution in [0.2, 0.25) is 0 Å². The molecule has 0 saturated carbocycles. The fraction of sp³-hybridized carbons (Fsp3) is 0.273. The van der Waals surface area contributed by atoms with Crippen LogP contribution in [-0.2, 0) is 6.54 Å². The number of para-hydroxylation sites is 1. The lowest BCUT2D eigenvalue weighted by molar-refractivity contribution is 0.0994. The standard InChI is InChI=1S/C11H13N3O2/c1-7(15)6-14-9-5-3-2-4-8(9)10(13-14)11(12)16/h2-5,7,15H,6H2,1H3,(H2,12,16). The zero-order chi connectivity index (χ0) is 11.7. The quantitative estimate of drug-likeness (QED) is 0.789. The van der Waals surface area contributed by atoms with E-state index in [1.165, 1.54) is 0 Å². The van der Waals surface area contributed by atoms with E-state index >= 15 is 0 Å². The highest BCUT2D eigenvalue weighted by atomic mass is 16.3. The van der Waals surface area contributed by atoms with Crippen LogP contribution in [0.5, 0.6) is 0 Å². The molecule has 5 heteroatoms. The average Bonchev–Trinajstić information content (AvgIpc) is 2.57. The zero-order valence-corrected chi connectivity index (χ0v) is 8.92. The fourth-order valence-corrected chi connectivity index (χ4v) is 1.70. The molecule has 0 spiro atoms. The summed E-state index contributed by atoms with van der Waals surface area (Å²) in [7, 11) is 0. The Hall–Kier alpha value is -1.88. The molecule has 0 aliphatic carbocycles. The summed E-state index contributed by atoms with van der Waals surface area (Å²) in [6, 6.07) is 7.31. The maximum atomic E-state index is 11.2. The maximum absolute atomic E-state index is 11.2. The van der Waals surface area contributed by atoms with Crippen molar-refractivity contribution in [1.29, 1.82) is 0 Å². The van der Waals surface area contributed by atoms with Crippen molar-refractivity contribution in [2.45, 2.75) is 19.6 Å². The number of benzene rings is 1. The predicted octanol–water partition coefficient (Wildman–Crippen LogP) is 0.516. The van der Waals surface area contributed by atoms with Crippen LogP contribution < -0.4 is 5.73 Å². The third kappa shape index (κ3) is 1.77. The number of aromatic nitrogens is 2. The summed E-state index contributed by atoms with van der Waals surface area (Å²) in [6.45, 7) is 2.01. The van der Waals surface area contributed by atoms with E-state index in [-0.39, 0.29) is 5.69 Å². The first-order valence-corrected chi connectivity index (χ1v) is 5.03. The minimum Gasteiger partial charge on any atom is -0.391 e. The summed E-state index contributed by atoms with van der Waals surface area (Å²) >= 11 is 0. The van der Waals surface area contributed by atoms with Crippen molar-refractivity contribution in [3.63, 3.8) is 0 Å². The molecule has 5 nitrogen and oxygen atoms in total. The van der Waals surface area contributed by atoms with Gasteiger partial charge < -0.3 is 10.8 Å². The van der Waals surface area contributed by atoms with Crippen molar-refractivity contribution in [2.75, 3.05) is 0 Å². The molecule has 1 aromatic carbocycles. The van der Waals surface area contributed by atoms with E-state index in [1.807, 2.05) is 18.2 Å². The zero-order valence-electron chi connectivity index (χ0n) is 8.92. The van der Waals surface area contributed by atoms with Crippen molar-refractivity contribution in [1.82, 2.24) is 9.78 Å². The number of hydrogen-bond acceptors (Lipinski definition) is 3. The normalized spacial score (nSPS) is 12.9. The summed E-state index contributed by atoms with van der Waals surface area (Å²) < 4.78 is 1.60. The smallest absolute Gasteiger partial charge is 0.269 e. The molecule has 0 radical (unpaired) electrons. The third-order valence-corrected chi connectivity index (χ3v) is 2.33. The Morgan fingerprint density at radius 1 is 1.56 bits per heavy atom. The van der Waals surface area contributed by atoms with Gasteiger partial charge in [-0.05, 0) is 13.0 Å². The van der Waals surface area contributed by atoms with Gasteiger partial charge in [-0.25, -0.2) is 0 Å². The molecule has 3 N–H and O–H groups in total. The number of carbonyl (C=O) groups excluding carboxylic acids is 1. The maximum Gasteiger partial charge on any atom is 0.269 e. The summed E-state index contributed by atoms with van der Waals surface area (Å²) in [5.41, 5.74) is 6.30. The summed E-state index contributed by atoms with van der Waals surface area (Å²) in [6.07, 6.45) is -0.524. The molecule has 1 aromatic heterocycles. The van der Waals surface area contributed by atoms with Crippen LogP contribution in [-0.4, -0.2) is 26.9 Å². The third-order valence-electron chi connectivity index (χ3n) is 2.33. The van der Waals surface area contributed by atoms with Gasteiger partial charge in [-0.3, -0.25) is 9.48 Å². The highest BCUT2D eigenvalue weighted by Crippen LogP contribution is 2.18. The number of fused-ring (bicyclic) bond motifs is 1. The SMILES string of the molecule is CC(O)Cn1nc(C(N)=O)c2ccccc21. The van der Waals surface area contributed by atoms with Crippen LogP contribution in [0, 0.1) is 0 Å². The summed E-state index contributed by atoms with van der Waals surface area (Å²) in [5, 5.41) is 14.2. The highest BCUT2D eigenvalue weighted by molar-refractivity contribution is 6.04. The number of nitrogens with two attached hydrogens (primary N) is 1. The lowest BCUT2D eigenvalue weighted by Gasteiger charge is -2.04.